The molecular weight excluding hydrogens is 356 g/mol. The number of aryl methyl sites for hydroxylation is 2. The molecule has 0 spiro atoms. The average molecular weight is 374 g/mol. The van der Waals surface area contributed by atoms with E-state index in [1.54, 1.807) is 6.20 Å². The lowest BCUT2D eigenvalue weighted by atomic mass is 9.93. The van der Waals surface area contributed by atoms with Crippen molar-refractivity contribution in [1.29, 1.82) is 0 Å². The second kappa shape index (κ2) is 5.85. The summed E-state index contributed by atoms with van der Waals surface area (Å²) in [5, 5.41) is 3.49. The van der Waals surface area contributed by atoms with E-state index in [-0.39, 0.29) is 0 Å². The largest absolute Gasteiger partial charge is 0.288 e. The molecule has 0 fully saturated rings. The van der Waals surface area contributed by atoms with E-state index in [2.05, 4.69) is 76.7 Å². The van der Waals surface area contributed by atoms with E-state index in [0.717, 1.165) is 27.7 Å². The van der Waals surface area contributed by atoms with Crippen LogP contribution in [0.2, 0.25) is 0 Å². The maximum absolute atomic E-state index is 4.88. The molecule has 4 aromatic heterocycles. The molecule has 0 aliphatic carbocycles. The van der Waals surface area contributed by atoms with Gasteiger partial charge < -0.3 is 0 Å². The standard InChI is InChI=1S/C25H18N4/c1-15-6-3-4-7-17(15)19-13-20-18-9-11-26-14-23(18)29-22-8-5-10-27-24(22)28-25(29)21(20)12-16(19)2/h3-14H,1-2H3. The molecule has 6 rings (SSSR count). The zero-order chi connectivity index (χ0) is 19.5. The number of hydrogen-bond acceptors (Lipinski definition) is 3. The van der Waals surface area contributed by atoms with Gasteiger partial charge in [-0.3, -0.25) is 9.38 Å². The number of hydrogen-bond donors (Lipinski definition) is 0. The highest BCUT2D eigenvalue weighted by molar-refractivity contribution is 6.14. The lowest BCUT2D eigenvalue weighted by Gasteiger charge is -2.14. The van der Waals surface area contributed by atoms with Crippen molar-refractivity contribution in [3.63, 3.8) is 0 Å². The van der Waals surface area contributed by atoms with Gasteiger partial charge in [0.05, 0.1) is 17.2 Å². The van der Waals surface area contributed by atoms with Crippen LogP contribution in [-0.4, -0.2) is 19.4 Å². The summed E-state index contributed by atoms with van der Waals surface area (Å²) >= 11 is 0. The fourth-order valence-electron chi connectivity index (χ4n) is 4.41. The van der Waals surface area contributed by atoms with Crippen LogP contribution >= 0.6 is 0 Å². The number of nitrogens with zero attached hydrogens (tertiary/aromatic N) is 4. The fourth-order valence-corrected chi connectivity index (χ4v) is 4.41. The summed E-state index contributed by atoms with van der Waals surface area (Å²) in [6.07, 6.45) is 5.57. The Labute approximate surface area is 167 Å². The predicted octanol–water partition coefficient (Wildman–Crippen LogP) is 5.87. The molecule has 6 aromatic rings. The third kappa shape index (κ3) is 2.23. The van der Waals surface area contributed by atoms with Gasteiger partial charge in [-0.05, 0) is 71.8 Å². The zero-order valence-corrected chi connectivity index (χ0v) is 16.2. The minimum absolute atomic E-state index is 0.755. The van der Waals surface area contributed by atoms with Gasteiger partial charge in [-0.2, -0.15) is 0 Å². The van der Waals surface area contributed by atoms with Crippen LogP contribution in [0.5, 0.6) is 0 Å². The monoisotopic (exact) mass is 374 g/mol. The second-order valence-electron chi connectivity index (χ2n) is 7.54. The molecule has 0 radical (unpaired) electrons. The van der Waals surface area contributed by atoms with Crippen LogP contribution in [0.4, 0.5) is 0 Å². The van der Waals surface area contributed by atoms with Crippen LogP contribution in [0.3, 0.4) is 0 Å². The summed E-state index contributed by atoms with van der Waals surface area (Å²) in [6, 6.07) is 19.2. The SMILES string of the molecule is Cc1ccccc1-c1cc2c3ccncc3n3c4cccnc4nc3c2cc1C. The summed E-state index contributed by atoms with van der Waals surface area (Å²) in [4.78, 5) is 13.8. The highest BCUT2D eigenvalue weighted by Crippen LogP contribution is 2.36. The van der Waals surface area contributed by atoms with Gasteiger partial charge in [0, 0.05) is 23.2 Å². The first-order valence-corrected chi connectivity index (χ1v) is 9.71. The average Bonchev–Trinajstić information content (AvgIpc) is 3.14. The van der Waals surface area contributed by atoms with Crippen LogP contribution < -0.4 is 0 Å². The fraction of sp³-hybridized carbons (Fsp3) is 0.0800. The molecule has 2 aromatic carbocycles. The minimum Gasteiger partial charge on any atom is -0.288 e. The van der Waals surface area contributed by atoms with Gasteiger partial charge in [0.1, 0.15) is 5.65 Å². The van der Waals surface area contributed by atoms with Crippen molar-refractivity contribution in [1.82, 2.24) is 19.4 Å². The van der Waals surface area contributed by atoms with E-state index in [9.17, 15) is 0 Å². The van der Waals surface area contributed by atoms with Crippen molar-refractivity contribution in [3.05, 3.63) is 84.3 Å². The quantitative estimate of drug-likeness (QED) is 0.338. The minimum atomic E-state index is 0.755. The maximum atomic E-state index is 4.88. The summed E-state index contributed by atoms with van der Waals surface area (Å²) < 4.78 is 2.18. The van der Waals surface area contributed by atoms with Gasteiger partial charge >= 0.3 is 0 Å². The van der Waals surface area contributed by atoms with E-state index in [0.29, 0.717) is 0 Å². The molecule has 0 aliphatic heterocycles. The maximum Gasteiger partial charge on any atom is 0.178 e. The molecule has 0 amide bonds. The van der Waals surface area contributed by atoms with Crippen LogP contribution in [0.15, 0.2) is 73.2 Å². The van der Waals surface area contributed by atoms with Crippen molar-refractivity contribution in [2.45, 2.75) is 13.8 Å². The van der Waals surface area contributed by atoms with Gasteiger partial charge in [-0.15, -0.1) is 0 Å². The summed E-state index contributed by atoms with van der Waals surface area (Å²) in [6.45, 7) is 4.34. The van der Waals surface area contributed by atoms with Crippen LogP contribution in [0.1, 0.15) is 11.1 Å². The normalized spacial score (nSPS) is 11.8. The Morgan fingerprint density at radius 1 is 0.724 bits per heavy atom. The predicted molar refractivity (Wildman–Crippen MR) is 118 cm³/mol. The third-order valence-electron chi connectivity index (χ3n) is 5.80. The van der Waals surface area contributed by atoms with Crippen molar-refractivity contribution >= 4 is 38.5 Å². The topological polar surface area (TPSA) is 43.1 Å². The van der Waals surface area contributed by atoms with E-state index < -0.39 is 0 Å². The van der Waals surface area contributed by atoms with E-state index in [1.807, 2.05) is 18.5 Å². The Hall–Kier alpha value is -3.79. The Bertz CT molecular complexity index is 1580. The Morgan fingerprint density at radius 3 is 2.52 bits per heavy atom. The molecule has 0 atom stereocenters. The first kappa shape index (κ1) is 16.2. The van der Waals surface area contributed by atoms with Crippen molar-refractivity contribution in [2.24, 2.45) is 0 Å². The van der Waals surface area contributed by atoms with Crippen molar-refractivity contribution in [3.8, 4) is 11.1 Å². The van der Waals surface area contributed by atoms with Crippen LogP contribution in [0, 0.1) is 13.8 Å². The molecule has 0 saturated heterocycles. The van der Waals surface area contributed by atoms with Gasteiger partial charge in [0.2, 0.25) is 0 Å². The molecule has 0 aliphatic rings. The van der Waals surface area contributed by atoms with Crippen LogP contribution in [0.25, 0.3) is 49.6 Å². The van der Waals surface area contributed by atoms with Crippen molar-refractivity contribution in [2.75, 3.05) is 0 Å². The van der Waals surface area contributed by atoms with E-state index in [1.165, 1.54) is 33.0 Å². The van der Waals surface area contributed by atoms with Crippen molar-refractivity contribution < 1.29 is 0 Å². The molecule has 4 heteroatoms. The Kier molecular flexibility index (Phi) is 3.27. The Balaban J connectivity index is 1.85. The number of imidazole rings is 1. The number of pyridine rings is 3. The summed E-state index contributed by atoms with van der Waals surface area (Å²) in [7, 11) is 0. The van der Waals surface area contributed by atoms with E-state index in [4.69, 9.17) is 4.98 Å². The number of aromatic nitrogens is 4. The van der Waals surface area contributed by atoms with Gasteiger partial charge in [-0.25, -0.2) is 9.97 Å². The third-order valence-corrected chi connectivity index (χ3v) is 5.80. The first-order valence-electron chi connectivity index (χ1n) is 9.71. The lowest BCUT2D eigenvalue weighted by molar-refractivity contribution is 1.27. The molecule has 29 heavy (non-hydrogen) atoms. The van der Waals surface area contributed by atoms with Gasteiger partial charge in [0.15, 0.2) is 5.65 Å². The summed E-state index contributed by atoms with van der Waals surface area (Å²) in [5.41, 5.74) is 8.77. The molecule has 0 unspecified atom stereocenters. The molecule has 0 N–H and O–H groups in total. The Morgan fingerprint density at radius 2 is 1.62 bits per heavy atom. The second-order valence-corrected chi connectivity index (χ2v) is 7.54. The highest BCUT2D eigenvalue weighted by Gasteiger charge is 2.16. The van der Waals surface area contributed by atoms with E-state index >= 15 is 0 Å². The number of benzene rings is 2. The molecular formula is C25H18N4. The molecule has 4 heterocycles. The molecule has 0 bridgehead atoms. The van der Waals surface area contributed by atoms with Gasteiger partial charge in [0.25, 0.3) is 0 Å². The van der Waals surface area contributed by atoms with Gasteiger partial charge in [-0.1, -0.05) is 24.3 Å². The molecule has 0 saturated carbocycles. The lowest BCUT2D eigenvalue weighted by Crippen LogP contribution is -1.94. The summed E-state index contributed by atoms with van der Waals surface area (Å²) in [5.74, 6) is 0. The highest BCUT2D eigenvalue weighted by atomic mass is 15.1. The number of rotatable bonds is 1. The first-order chi connectivity index (χ1) is 14.2. The molecule has 4 nitrogen and oxygen atoms in total. The van der Waals surface area contributed by atoms with Crippen LogP contribution in [-0.2, 0) is 0 Å². The molecule has 138 valence electrons. The number of fused-ring (bicyclic) bond motifs is 8. The smallest absolute Gasteiger partial charge is 0.178 e. The zero-order valence-electron chi connectivity index (χ0n) is 16.2.